The quantitative estimate of drug-likeness (QED) is 0.555. The van der Waals surface area contributed by atoms with E-state index in [9.17, 15) is 4.79 Å². The molecule has 0 saturated carbocycles. The Bertz CT molecular complexity index is 670. The van der Waals surface area contributed by atoms with E-state index in [1.54, 1.807) is 0 Å². The Morgan fingerprint density at radius 3 is 2.38 bits per heavy atom. The molecule has 108 valence electrons. The van der Waals surface area contributed by atoms with E-state index in [0.717, 1.165) is 15.6 Å². The molecule has 3 heteroatoms. The SMILES string of the molecule is CN1C(=O)c2ccccc2[C@@](C)(CI)[C@H]1c1ccccc1. The Morgan fingerprint density at radius 2 is 1.71 bits per heavy atom. The monoisotopic (exact) mass is 391 g/mol. The van der Waals surface area contributed by atoms with Gasteiger partial charge in [-0.1, -0.05) is 78.0 Å². The highest BCUT2D eigenvalue weighted by Crippen LogP contribution is 2.47. The van der Waals surface area contributed by atoms with Gasteiger partial charge < -0.3 is 4.90 Å². The van der Waals surface area contributed by atoms with Crippen molar-refractivity contribution >= 4 is 28.5 Å². The van der Waals surface area contributed by atoms with Crippen molar-refractivity contribution in [1.82, 2.24) is 4.90 Å². The second-order valence-electron chi connectivity index (χ2n) is 5.83. The number of alkyl halides is 1. The molecule has 2 atom stereocenters. The van der Waals surface area contributed by atoms with Crippen molar-refractivity contribution in [2.75, 3.05) is 11.5 Å². The number of likely N-dealkylation sites (N-methyl/N-ethyl adjacent to an activating group) is 1. The van der Waals surface area contributed by atoms with Gasteiger partial charge in [-0.3, -0.25) is 4.79 Å². The third-order valence-electron chi connectivity index (χ3n) is 4.48. The smallest absolute Gasteiger partial charge is 0.254 e. The summed E-state index contributed by atoms with van der Waals surface area (Å²) in [5, 5.41) is 0. The van der Waals surface area contributed by atoms with E-state index in [4.69, 9.17) is 0 Å². The van der Waals surface area contributed by atoms with E-state index in [2.05, 4.69) is 47.7 Å². The number of hydrogen-bond acceptors (Lipinski definition) is 1. The summed E-state index contributed by atoms with van der Waals surface area (Å²) in [6.45, 7) is 2.26. The van der Waals surface area contributed by atoms with Crippen LogP contribution in [-0.2, 0) is 5.41 Å². The van der Waals surface area contributed by atoms with Gasteiger partial charge in [0.2, 0.25) is 0 Å². The molecular weight excluding hydrogens is 373 g/mol. The van der Waals surface area contributed by atoms with Gasteiger partial charge in [0.05, 0.1) is 6.04 Å². The second kappa shape index (κ2) is 5.44. The molecule has 1 heterocycles. The van der Waals surface area contributed by atoms with Crippen molar-refractivity contribution in [3.8, 4) is 0 Å². The van der Waals surface area contributed by atoms with Crippen LogP contribution in [-0.4, -0.2) is 22.3 Å². The zero-order chi connectivity index (χ0) is 15.0. The number of hydrogen-bond donors (Lipinski definition) is 0. The molecule has 0 fully saturated rings. The molecule has 0 unspecified atom stereocenters. The van der Waals surface area contributed by atoms with Crippen LogP contribution in [0.15, 0.2) is 54.6 Å². The van der Waals surface area contributed by atoms with Gasteiger partial charge in [0.15, 0.2) is 0 Å². The van der Waals surface area contributed by atoms with Crippen LogP contribution < -0.4 is 0 Å². The summed E-state index contributed by atoms with van der Waals surface area (Å²) in [4.78, 5) is 14.6. The molecule has 1 aliphatic rings. The number of benzene rings is 2. The molecule has 2 aromatic rings. The van der Waals surface area contributed by atoms with Crippen molar-refractivity contribution < 1.29 is 4.79 Å². The molecule has 0 spiro atoms. The number of fused-ring (bicyclic) bond motifs is 1. The van der Waals surface area contributed by atoms with Crippen LogP contribution >= 0.6 is 22.6 Å². The summed E-state index contributed by atoms with van der Waals surface area (Å²) in [7, 11) is 1.92. The maximum absolute atomic E-state index is 12.7. The summed E-state index contributed by atoms with van der Waals surface area (Å²) >= 11 is 2.44. The van der Waals surface area contributed by atoms with E-state index in [1.165, 1.54) is 5.56 Å². The standard InChI is InChI=1S/C18H18INO/c1-18(12-19)15-11-7-6-10-14(15)17(21)20(2)16(18)13-8-4-3-5-9-13/h3-11,16H,12H2,1-2H3/t16-,18-/m1/s1. The van der Waals surface area contributed by atoms with Gasteiger partial charge in [0.1, 0.15) is 0 Å². The number of amides is 1. The normalized spacial score (nSPS) is 24.8. The first-order valence-electron chi connectivity index (χ1n) is 7.07. The lowest BCUT2D eigenvalue weighted by molar-refractivity contribution is 0.0615. The lowest BCUT2D eigenvalue weighted by Crippen LogP contribution is -2.49. The minimum Gasteiger partial charge on any atom is -0.334 e. The Labute approximate surface area is 139 Å². The first kappa shape index (κ1) is 14.6. The number of nitrogens with zero attached hydrogens (tertiary/aromatic N) is 1. The Hall–Kier alpha value is -1.36. The van der Waals surface area contributed by atoms with Crippen molar-refractivity contribution in [3.05, 3.63) is 71.3 Å². The predicted octanol–water partition coefficient (Wildman–Crippen LogP) is 4.21. The molecule has 0 bridgehead atoms. The van der Waals surface area contributed by atoms with Crippen LogP contribution in [0.25, 0.3) is 0 Å². The maximum atomic E-state index is 12.7. The van der Waals surface area contributed by atoms with E-state index in [-0.39, 0.29) is 17.4 Å². The van der Waals surface area contributed by atoms with Gasteiger partial charge in [-0.15, -0.1) is 0 Å². The highest BCUT2D eigenvalue weighted by atomic mass is 127. The van der Waals surface area contributed by atoms with Crippen LogP contribution in [0, 0.1) is 0 Å². The lowest BCUT2D eigenvalue weighted by Gasteiger charge is -2.47. The highest BCUT2D eigenvalue weighted by molar-refractivity contribution is 14.1. The molecule has 1 amide bonds. The van der Waals surface area contributed by atoms with Crippen molar-refractivity contribution in [2.45, 2.75) is 18.4 Å². The van der Waals surface area contributed by atoms with Gasteiger partial charge in [-0.2, -0.15) is 0 Å². The predicted molar refractivity (Wildman–Crippen MR) is 94.0 cm³/mol. The molecule has 21 heavy (non-hydrogen) atoms. The fourth-order valence-electron chi connectivity index (χ4n) is 3.42. The molecule has 2 aromatic carbocycles. The number of halogens is 1. The molecule has 0 saturated heterocycles. The largest absolute Gasteiger partial charge is 0.334 e. The molecule has 0 N–H and O–H groups in total. The number of carbonyl (C=O) groups is 1. The topological polar surface area (TPSA) is 20.3 Å². The molecule has 0 radical (unpaired) electrons. The summed E-state index contributed by atoms with van der Waals surface area (Å²) in [6.07, 6.45) is 0. The van der Waals surface area contributed by atoms with Gasteiger partial charge in [-0.25, -0.2) is 0 Å². The Balaban J connectivity index is 2.24. The van der Waals surface area contributed by atoms with Crippen LogP contribution in [0.5, 0.6) is 0 Å². The third-order valence-corrected chi connectivity index (χ3v) is 6.06. The zero-order valence-electron chi connectivity index (χ0n) is 12.2. The van der Waals surface area contributed by atoms with Crippen molar-refractivity contribution in [1.29, 1.82) is 0 Å². The van der Waals surface area contributed by atoms with Gasteiger partial charge >= 0.3 is 0 Å². The first-order chi connectivity index (χ1) is 10.1. The minimum absolute atomic E-state index is 0.0676. The van der Waals surface area contributed by atoms with Gasteiger partial charge in [0, 0.05) is 22.5 Å². The third kappa shape index (κ3) is 2.18. The maximum Gasteiger partial charge on any atom is 0.254 e. The van der Waals surface area contributed by atoms with Crippen molar-refractivity contribution in [3.63, 3.8) is 0 Å². The van der Waals surface area contributed by atoms with Gasteiger partial charge in [-0.05, 0) is 17.2 Å². The zero-order valence-corrected chi connectivity index (χ0v) is 14.4. The van der Waals surface area contributed by atoms with Crippen LogP contribution in [0.4, 0.5) is 0 Å². The first-order valence-corrected chi connectivity index (χ1v) is 8.59. The van der Waals surface area contributed by atoms with Crippen LogP contribution in [0.1, 0.15) is 34.5 Å². The summed E-state index contributed by atoms with van der Waals surface area (Å²) in [5.41, 5.74) is 3.12. The van der Waals surface area contributed by atoms with E-state index >= 15 is 0 Å². The summed E-state index contributed by atoms with van der Waals surface area (Å²) < 4.78 is 0.957. The summed E-state index contributed by atoms with van der Waals surface area (Å²) in [6, 6.07) is 18.4. The van der Waals surface area contributed by atoms with E-state index in [0.29, 0.717) is 0 Å². The minimum atomic E-state index is -0.0822. The Kier molecular flexibility index (Phi) is 3.78. The summed E-state index contributed by atoms with van der Waals surface area (Å²) in [5.74, 6) is 0.113. The molecule has 0 aliphatic carbocycles. The number of carbonyl (C=O) groups excluding carboxylic acids is 1. The average molecular weight is 391 g/mol. The molecule has 1 aliphatic heterocycles. The fraction of sp³-hybridized carbons (Fsp3) is 0.278. The van der Waals surface area contributed by atoms with Crippen LogP contribution in [0.2, 0.25) is 0 Å². The molecular formula is C18H18INO. The molecule has 0 aromatic heterocycles. The van der Waals surface area contributed by atoms with Gasteiger partial charge in [0.25, 0.3) is 5.91 Å². The van der Waals surface area contributed by atoms with E-state index in [1.807, 2.05) is 48.3 Å². The fourth-order valence-corrected chi connectivity index (χ4v) is 4.25. The van der Waals surface area contributed by atoms with E-state index < -0.39 is 0 Å². The molecule has 3 rings (SSSR count). The van der Waals surface area contributed by atoms with Crippen molar-refractivity contribution in [2.24, 2.45) is 0 Å². The second-order valence-corrected chi connectivity index (χ2v) is 6.59. The van der Waals surface area contributed by atoms with Crippen LogP contribution in [0.3, 0.4) is 0 Å². The highest BCUT2D eigenvalue weighted by Gasteiger charge is 2.46. The number of rotatable bonds is 2. The lowest BCUT2D eigenvalue weighted by atomic mass is 9.70. The Morgan fingerprint density at radius 1 is 1.10 bits per heavy atom. The molecule has 2 nitrogen and oxygen atoms in total. The average Bonchev–Trinajstić information content (AvgIpc) is 2.54.